The zero-order chi connectivity index (χ0) is 22.8. The van der Waals surface area contributed by atoms with Crippen LogP contribution in [-0.2, 0) is 14.3 Å². The first-order chi connectivity index (χ1) is 15.4. The number of ketones is 1. The molecule has 0 radical (unpaired) electrons. The van der Waals surface area contributed by atoms with Crippen molar-refractivity contribution in [2.24, 2.45) is 0 Å². The van der Waals surface area contributed by atoms with Crippen LogP contribution in [0.25, 0.3) is 5.76 Å². The van der Waals surface area contributed by atoms with Gasteiger partial charge in [-0.05, 0) is 42.7 Å². The molecule has 0 bridgehead atoms. The van der Waals surface area contributed by atoms with Gasteiger partial charge in [-0.15, -0.1) is 0 Å². The third kappa shape index (κ3) is 3.89. The van der Waals surface area contributed by atoms with Crippen molar-refractivity contribution >= 4 is 17.4 Å². The minimum Gasteiger partial charge on any atom is -0.508 e. The number of amides is 1. The number of carbonyl (C=O) groups excluding carboxylic acids is 2. The standard InChI is InChI=1S/C24H25NO7/c1-30-16-8-9-18(19(12-16)31-2)22(27)20-21(14-5-3-6-15(26)11-14)25(24(29)23(20)28)13-17-7-4-10-32-17/h3,5-6,8-9,11-12,17,21,26-27H,4,7,10,13H2,1-2H3/b22-20-. The zero-order valence-electron chi connectivity index (χ0n) is 17.9. The first-order valence-corrected chi connectivity index (χ1v) is 10.4. The predicted molar refractivity (Wildman–Crippen MR) is 116 cm³/mol. The molecule has 2 aromatic carbocycles. The second-order valence-electron chi connectivity index (χ2n) is 7.75. The number of Topliss-reactive ketones (excluding diaryl/α,β-unsaturated/α-hetero) is 1. The Morgan fingerprint density at radius 3 is 2.62 bits per heavy atom. The number of carbonyl (C=O) groups is 2. The molecular formula is C24H25NO7. The Bertz CT molecular complexity index is 1070. The molecule has 8 nitrogen and oxygen atoms in total. The van der Waals surface area contributed by atoms with Crippen molar-refractivity contribution in [3.8, 4) is 17.2 Å². The molecule has 0 aromatic heterocycles. The number of phenols is 1. The molecule has 2 N–H and O–H groups in total. The van der Waals surface area contributed by atoms with E-state index in [4.69, 9.17) is 14.2 Å². The average Bonchev–Trinajstić information content (AvgIpc) is 3.40. The molecule has 0 aliphatic carbocycles. The van der Waals surface area contributed by atoms with Gasteiger partial charge in [0.1, 0.15) is 23.0 Å². The fourth-order valence-corrected chi connectivity index (χ4v) is 4.26. The van der Waals surface area contributed by atoms with Crippen LogP contribution in [0.1, 0.15) is 30.0 Å². The first-order valence-electron chi connectivity index (χ1n) is 10.4. The smallest absolute Gasteiger partial charge is 0.295 e. The lowest BCUT2D eigenvalue weighted by atomic mass is 9.94. The predicted octanol–water partition coefficient (Wildman–Crippen LogP) is 3.01. The Kier molecular flexibility index (Phi) is 6.05. The first kappa shape index (κ1) is 21.7. The number of hydrogen-bond donors (Lipinski definition) is 2. The molecular weight excluding hydrogens is 414 g/mol. The van der Waals surface area contributed by atoms with Crippen molar-refractivity contribution in [1.29, 1.82) is 0 Å². The highest BCUT2D eigenvalue weighted by molar-refractivity contribution is 6.46. The summed E-state index contributed by atoms with van der Waals surface area (Å²) < 4.78 is 16.3. The van der Waals surface area contributed by atoms with Gasteiger partial charge in [0.15, 0.2) is 0 Å². The number of benzene rings is 2. The Morgan fingerprint density at radius 2 is 1.97 bits per heavy atom. The Balaban J connectivity index is 1.86. The van der Waals surface area contributed by atoms with Gasteiger partial charge in [0.25, 0.3) is 11.7 Å². The molecule has 168 valence electrons. The van der Waals surface area contributed by atoms with Crippen LogP contribution in [0.2, 0.25) is 0 Å². The molecule has 8 heteroatoms. The van der Waals surface area contributed by atoms with Crippen molar-refractivity contribution in [2.75, 3.05) is 27.4 Å². The van der Waals surface area contributed by atoms with E-state index >= 15 is 0 Å². The third-order valence-electron chi connectivity index (χ3n) is 5.81. The fourth-order valence-electron chi connectivity index (χ4n) is 4.26. The lowest BCUT2D eigenvalue weighted by Gasteiger charge is -2.27. The Morgan fingerprint density at radius 1 is 1.16 bits per heavy atom. The molecule has 2 aromatic rings. The molecule has 2 aliphatic heterocycles. The summed E-state index contributed by atoms with van der Waals surface area (Å²) in [7, 11) is 2.95. The Labute approximate surface area is 185 Å². The maximum Gasteiger partial charge on any atom is 0.295 e. The van der Waals surface area contributed by atoms with Gasteiger partial charge in [-0.1, -0.05) is 12.1 Å². The van der Waals surface area contributed by atoms with Crippen molar-refractivity contribution in [3.63, 3.8) is 0 Å². The number of likely N-dealkylation sites (tertiary alicyclic amines) is 1. The van der Waals surface area contributed by atoms with Crippen molar-refractivity contribution < 1.29 is 34.0 Å². The molecule has 2 unspecified atom stereocenters. The van der Waals surface area contributed by atoms with Gasteiger partial charge in [-0.3, -0.25) is 9.59 Å². The highest BCUT2D eigenvalue weighted by Crippen LogP contribution is 2.42. The fraction of sp³-hybridized carbons (Fsp3) is 0.333. The van der Waals surface area contributed by atoms with E-state index in [0.29, 0.717) is 23.7 Å². The lowest BCUT2D eigenvalue weighted by Crippen LogP contribution is -2.36. The van der Waals surface area contributed by atoms with E-state index in [9.17, 15) is 19.8 Å². The molecule has 32 heavy (non-hydrogen) atoms. The summed E-state index contributed by atoms with van der Waals surface area (Å²) in [6, 6.07) is 10.2. The van der Waals surface area contributed by atoms with Crippen LogP contribution < -0.4 is 9.47 Å². The van der Waals surface area contributed by atoms with E-state index in [2.05, 4.69) is 0 Å². The summed E-state index contributed by atoms with van der Waals surface area (Å²) in [6.07, 6.45) is 1.47. The molecule has 1 amide bonds. The summed E-state index contributed by atoms with van der Waals surface area (Å²) in [4.78, 5) is 27.6. The van der Waals surface area contributed by atoms with E-state index in [1.165, 1.54) is 31.3 Å². The van der Waals surface area contributed by atoms with Gasteiger partial charge >= 0.3 is 0 Å². The Hall–Kier alpha value is -3.52. The van der Waals surface area contributed by atoms with E-state index in [1.54, 1.807) is 30.3 Å². The average molecular weight is 439 g/mol. The molecule has 2 aliphatic rings. The highest BCUT2D eigenvalue weighted by Gasteiger charge is 2.47. The molecule has 4 rings (SSSR count). The van der Waals surface area contributed by atoms with Gasteiger partial charge in [0.05, 0.1) is 37.5 Å². The van der Waals surface area contributed by atoms with E-state index in [-0.39, 0.29) is 35.3 Å². The summed E-state index contributed by atoms with van der Waals surface area (Å²) in [5.74, 6) is -1.07. The van der Waals surface area contributed by atoms with Crippen molar-refractivity contribution in [1.82, 2.24) is 4.90 Å². The summed E-state index contributed by atoms with van der Waals surface area (Å²) in [6.45, 7) is 0.815. The highest BCUT2D eigenvalue weighted by atomic mass is 16.5. The van der Waals surface area contributed by atoms with Gasteiger partial charge in [-0.25, -0.2) is 0 Å². The van der Waals surface area contributed by atoms with Crippen molar-refractivity contribution in [2.45, 2.75) is 25.0 Å². The van der Waals surface area contributed by atoms with Crippen LogP contribution in [-0.4, -0.2) is 60.3 Å². The maximum atomic E-state index is 13.1. The number of aromatic hydroxyl groups is 1. The van der Waals surface area contributed by atoms with Crippen LogP contribution in [0.5, 0.6) is 17.2 Å². The van der Waals surface area contributed by atoms with Crippen LogP contribution in [0, 0.1) is 0 Å². The topological polar surface area (TPSA) is 106 Å². The number of ether oxygens (including phenoxy) is 3. The number of aliphatic hydroxyl groups excluding tert-OH is 1. The van der Waals surface area contributed by atoms with Gasteiger partial charge < -0.3 is 29.3 Å². The molecule has 0 spiro atoms. The summed E-state index contributed by atoms with van der Waals surface area (Å²) in [5.41, 5.74) is 0.701. The normalized spacial score (nSPS) is 22.4. The summed E-state index contributed by atoms with van der Waals surface area (Å²) >= 11 is 0. The number of hydrogen-bond acceptors (Lipinski definition) is 7. The van der Waals surface area contributed by atoms with Crippen LogP contribution in [0.4, 0.5) is 0 Å². The SMILES string of the molecule is COc1ccc(/C(O)=C2/C(=O)C(=O)N(CC3CCCO3)C2c2cccc(O)c2)c(OC)c1. The monoisotopic (exact) mass is 439 g/mol. The zero-order valence-corrected chi connectivity index (χ0v) is 17.9. The molecule has 2 saturated heterocycles. The minimum atomic E-state index is -0.877. The second-order valence-corrected chi connectivity index (χ2v) is 7.75. The number of nitrogens with zero attached hydrogens (tertiary/aromatic N) is 1. The second kappa shape index (κ2) is 8.92. The van der Waals surface area contributed by atoms with Gasteiger partial charge in [-0.2, -0.15) is 0 Å². The number of aliphatic hydroxyl groups is 1. The van der Waals surface area contributed by atoms with E-state index < -0.39 is 17.7 Å². The quantitative estimate of drug-likeness (QED) is 0.405. The number of phenolic OH excluding ortho intramolecular Hbond substituents is 1. The maximum absolute atomic E-state index is 13.1. The molecule has 2 fully saturated rings. The third-order valence-corrected chi connectivity index (χ3v) is 5.81. The minimum absolute atomic E-state index is 0.00719. The molecule has 2 atom stereocenters. The summed E-state index contributed by atoms with van der Waals surface area (Å²) in [5, 5.41) is 21.3. The molecule has 0 saturated carbocycles. The van der Waals surface area contributed by atoms with Crippen molar-refractivity contribution in [3.05, 3.63) is 59.2 Å². The largest absolute Gasteiger partial charge is 0.508 e. The van der Waals surface area contributed by atoms with Crippen LogP contribution in [0.3, 0.4) is 0 Å². The van der Waals surface area contributed by atoms with E-state index in [0.717, 1.165) is 12.8 Å². The van der Waals surface area contributed by atoms with Gasteiger partial charge in [0, 0.05) is 19.2 Å². The number of methoxy groups -OCH3 is 2. The lowest BCUT2D eigenvalue weighted by molar-refractivity contribution is -0.140. The van der Waals surface area contributed by atoms with Gasteiger partial charge in [0.2, 0.25) is 0 Å². The number of rotatable bonds is 6. The van der Waals surface area contributed by atoms with E-state index in [1.807, 2.05) is 0 Å². The molecule has 2 heterocycles. The van der Waals surface area contributed by atoms with Crippen LogP contribution >= 0.6 is 0 Å². The van der Waals surface area contributed by atoms with Crippen LogP contribution in [0.15, 0.2) is 48.0 Å².